The minimum absolute atomic E-state index is 0.802. The van der Waals surface area contributed by atoms with E-state index in [1.54, 1.807) is 23.3 Å². The van der Waals surface area contributed by atoms with Crippen LogP contribution in [0.15, 0.2) is 24.8 Å². The Morgan fingerprint density at radius 1 is 1.38 bits per heavy atom. The van der Waals surface area contributed by atoms with Crippen LogP contribution >= 0.6 is 0 Å². The minimum atomic E-state index is 0.802. The number of aromatic nitrogens is 4. The lowest BCUT2D eigenvalue weighted by Gasteiger charge is -2.01. The quantitative estimate of drug-likeness (QED) is 0.829. The van der Waals surface area contributed by atoms with Crippen LogP contribution in [0.5, 0.6) is 0 Å². The molecule has 0 fully saturated rings. The second-order valence-electron chi connectivity index (χ2n) is 3.55. The van der Waals surface area contributed by atoms with Gasteiger partial charge in [-0.05, 0) is 6.54 Å². The molecule has 0 unspecified atom stereocenters. The molecule has 2 aromatic rings. The molecule has 2 aromatic heterocycles. The van der Waals surface area contributed by atoms with Gasteiger partial charge in [0.1, 0.15) is 11.4 Å². The highest BCUT2D eigenvalue weighted by Gasteiger charge is 2.10. The molecule has 0 spiro atoms. The molecule has 0 bridgehead atoms. The van der Waals surface area contributed by atoms with Gasteiger partial charge in [0.2, 0.25) is 0 Å². The van der Waals surface area contributed by atoms with Crippen molar-refractivity contribution in [1.29, 1.82) is 0 Å². The summed E-state index contributed by atoms with van der Waals surface area (Å²) in [5.74, 6) is 0. The van der Waals surface area contributed by atoms with E-state index in [0.717, 1.165) is 30.0 Å². The summed E-state index contributed by atoms with van der Waals surface area (Å²) in [6.07, 6.45) is 7.09. The highest BCUT2D eigenvalue weighted by molar-refractivity contribution is 5.56. The fourth-order valence-corrected chi connectivity index (χ4v) is 1.56. The second kappa shape index (κ2) is 4.85. The van der Waals surface area contributed by atoms with Gasteiger partial charge in [-0.1, -0.05) is 6.92 Å². The zero-order chi connectivity index (χ0) is 11.4. The predicted octanol–water partition coefficient (Wildman–Crippen LogP) is 0.987. The molecule has 0 aliphatic rings. The van der Waals surface area contributed by atoms with Crippen molar-refractivity contribution in [3.05, 3.63) is 30.4 Å². The van der Waals surface area contributed by atoms with Crippen molar-refractivity contribution in [2.24, 2.45) is 7.05 Å². The average Bonchev–Trinajstić information content (AvgIpc) is 2.69. The third-order valence-corrected chi connectivity index (χ3v) is 2.28. The van der Waals surface area contributed by atoms with Gasteiger partial charge in [0.25, 0.3) is 0 Å². The molecule has 0 atom stereocenters. The molecular weight excluding hydrogens is 202 g/mol. The fraction of sp³-hybridized carbons (Fsp3) is 0.364. The van der Waals surface area contributed by atoms with Gasteiger partial charge in [-0.3, -0.25) is 14.6 Å². The standard InChI is InChI=1S/C11H15N5/c1-3-12-6-9-8-16(2)15-11(9)10-7-13-4-5-14-10/h4-5,7-8,12H,3,6H2,1-2H3. The summed E-state index contributed by atoms with van der Waals surface area (Å²) in [4.78, 5) is 8.32. The number of nitrogens with one attached hydrogen (secondary N) is 1. The summed E-state index contributed by atoms with van der Waals surface area (Å²) in [5, 5.41) is 7.69. The number of nitrogens with zero attached hydrogens (tertiary/aromatic N) is 4. The lowest BCUT2D eigenvalue weighted by atomic mass is 10.2. The first kappa shape index (κ1) is 10.8. The van der Waals surface area contributed by atoms with E-state index in [4.69, 9.17) is 0 Å². The van der Waals surface area contributed by atoms with Crippen LogP contribution in [0.2, 0.25) is 0 Å². The summed E-state index contributed by atoms with van der Waals surface area (Å²) in [7, 11) is 1.91. The molecular formula is C11H15N5. The maximum atomic E-state index is 4.41. The molecule has 0 amide bonds. The Kier molecular flexibility index (Phi) is 3.26. The maximum Gasteiger partial charge on any atom is 0.117 e. The fourth-order valence-electron chi connectivity index (χ4n) is 1.56. The molecule has 0 aliphatic heterocycles. The Morgan fingerprint density at radius 3 is 2.94 bits per heavy atom. The molecule has 0 saturated heterocycles. The van der Waals surface area contributed by atoms with E-state index in [-0.39, 0.29) is 0 Å². The molecule has 0 aliphatic carbocycles. The van der Waals surface area contributed by atoms with Crippen LogP contribution < -0.4 is 5.32 Å². The first-order valence-electron chi connectivity index (χ1n) is 5.31. The molecule has 2 heterocycles. The third kappa shape index (κ3) is 2.25. The zero-order valence-electron chi connectivity index (χ0n) is 9.51. The van der Waals surface area contributed by atoms with Gasteiger partial charge in [-0.25, -0.2) is 0 Å². The molecule has 2 rings (SSSR count). The van der Waals surface area contributed by atoms with Crippen molar-refractivity contribution in [2.45, 2.75) is 13.5 Å². The molecule has 16 heavy (non-hydrogen) atoms. The predicted molar refractivity (Wildman–Crippen MR) is 61.6 cm³/mol. The summed E-state index contributed by atoms with van der Waals surface area (Å²) in [5.41, 5.74) is 2.86. The minimum Gasteiger partial charge on any atom is -0.313 e. The summed E-state index contributed by atoms with van der Waals surface area (Å²) < 4.78 is 1.80. The highest BCUT2D eigenvalue weighted by atomic mass is 15.3. The maximum absolute atomic E-state index is 4.41. The Bertz CT molecular complexity index is 449. The van der Waals surface area contributed by atoms with Crippen LogP contribution in [-0.4, -0.2) is 26.3 Å². The topological polar surface area (TPSA) is 55.6 Å². The van der Waals surface area contributed by atoms with Crippen LogP contribution in [0.3, 0.4) is 0 Å². The summed E-state index contributed by atoms with van der Waals surface area (Å²) in [6.45, 7) is 3.82. The van der Waals surface area contributed by atoms with Gasteiger partial charge in [0.05, 0.1) is 6.20 Å². The molecule has 5 heteroatoms. The molecule has 0 radical (unpaired) electrons. The number of hydrogen-bond donors (Lipinski definition) is 1. The Morgan fingerprint density at radius 2 is 2.25 bits per heavy atom. The number of hydrogen-bond acceptors (Lipinski definition) is 4. The van der Waals surface area contributed by atoms with Gasteiger partial charge < -0.3 is 5.32 Å². The van der Waals surface area contributed by atoms with E-state index in [1.807, 2.05) is 13.2 Å². The summed E-state index contributed by atoms with van der Waals surface area (Å²) in [6, 6.07) is 0. The smallest absolute Gasteiger partial charge is 0.117 e. The first-order chi connectivity index (χ1) is 7.81. The van der Waals surface area contributed by atoms with Crippen LogP contribution in [0.4, 0.5) is 0 Å². The molecule has 1 N–H and O–H groups in total. The SMILES string of the molecule is CCNCc1cn(C)nc1-c1cnccn1. The molecule has 0 aromatic carbocycles. The lowest BCUT2D eigenvalue weighted by molar-refractivity contribution is 0.724. The van der Waals surface area contributed by atoms with Crippen molar-refractivity contribution >= 4 is 0 Å². The Labute approximate surface area is 94.5 Å². The van der Waals surface area contributed by atoms with Crippen molar-refractivity contribution in [1.82, 2.24) is 25.1 Å². The van der Waals surface area contributed by atoms with Gasteiger partial charge >= 0.3 is 0 Å². The third-order valence-electron chi connectivity index (χ3n) is 2.28. The highest BCUT2D eigenvalue weighted by Crippen LogP contribution is 2.18. The van der Waals surface area contributed by atoms with Crippen LogP contribution in [0.1, 0.15) is 12.5 Å². The van der Waals surface area contributed by atoms with E-state index in [0.29, 0.717) is 0 Å². The average molecular weight is 217 g/mol. The van der Waals surface area contributed by atoms with Crippen molar-refractivity contribution in [3.8, 4) is 11.4 Å². The van der Waals surface area contributed by atoms with E-state index >= 15 is 0 Å². The lowest BCUT2D eigenvalue weighted by Crippen LogP contribution is -2.11. The van der Waals surface area contributed by atoms with Crippen LogP contribution in [0, 0.1) is 0 Å². The largest absolute Gasteiger partial charge is 0.313 e. The van der Waals surface area contributed by atoms with E-state index < -0.39 is 0 Å². The zero-order valence-corrected chi connectivity index (χ0v) is 9.51. The van der Waals surface area contributed by atoms with Crippen molar-refractivity contribution < 1.29 is 0 Å². The number of aryl methyl sites for hydroxylation is 1. The molecule has 0 saturated carbocycles. The van der Waals surface area contributed by atoms with Crippen molar-refractivity contribution in [3.63, 3.8) is 0 Å². The van der Waals surface area contributed by atoms with Gasteiger partial charge in [0, 0.05) is 37.7 Å². The van der Waals surface area contributed by atoms with Crippen LogP contribution in [-0.2, 0) is 13.6 Å². The van der Waals surface area contributed by atoms with E-state index in [2.05, 4.69) is 27.3 Å². The number of rotatable bonds is 4. The van der Waals surface area contributed by atoms with Crippen LogP contribution in [0.25, 0.3) is 11.4 Å². The van der Waals surface area contributed by atoms with Crippen molar-refractivity contribution in [2.75, 3.05) is 6.54 Å². The summed E-state index contributed by atoms with van der Waals surface area (Å²) >= 11 is 0. The van der Waals surface area contributed by atoms with E-state index in [1.165, 1.54) is 0 Å². The Balaban J connectivity index is 2.33. The van der Waals surface area contributed by atoms with Gasteiger partial charge in [-0.15, -0.1) is 0 Å². The van der Waals surface area contributed by atoms with Gasteiger partial charge in [-0.2, -0.15) is 5.10 Å². The molecule has 5 nitrogen and oxygen atoms in total. The van der Waals surface area contributed by atoms with Gasteiger partial charge in [0.15, 0.2) is 0 Å². The Hall–Kier alpha value is -1.75. The normalized spacial score (nSPS) is 10.6. The second-order valence-corrected chi connectivity index (χ2v) is 3.55. The first-order valence-corrected chi connectivity index (χ1v) is 5.31. The van der Waals surface area contributed by atoms with E-state index in [9.17, 15) is 0 Å². The molecule has 84 valence electrons. The monoisotopic (exact) mass is 217 g/mol.